The lowest BCUT2D eigenvalue weighted by Crippen LogP contribution is -2.35. The topological polar surface area (TPSA) is 132 Å². The Morgan fingerprint density at radius 2 is 1.98 bits per heavy atom. The molecule has 0 aliphatic carbocycles. The van der Waals surface area contributed by atoms with Crippen molar-refractivity contribution in [2.75, 3.05) is 33.4 Å². The number of aromatic carboxylic acids is 1. The second-order valence-corrected chi connectivity index (χ2v) is 11.8. The monoisotopic (exact) mass is 609 g/mol. The van der Waals surface area contributed by atoms with Crippen LogP contribution >= 0.6 is 0 Å². The molecule has 5 heterocycles. The van der Waals surface area contributed by atoms with Gasteiger partial charge in [-0.3, -0.25) is 4.90 Å². The predicted molar refractivity (Wildman–Crippen MR) is 164 cm³/mol. The Morgan fingerprint density at radius 3 is 2.71 bits per heavy atom. The van der Waals surface area contributed by atoms with Crippen molar-refractivity contribution in [2.24, 2.45) is 0 Å². The van der Waals surface area contributed by atoms with E-state index < -0.39 is 5.97 Å². The minimum Gasteiger partial charge on any atom is -0.494 e. The Bertz CT molecular complexity index is 1780. The maximum absolute atomic E-state index is 11.8. The first-order valence-electron chi connectivity index (χ1n) is 15.4. The van der Waals surface area contributed by atoms with Crippen LogP contribution in [0.1, 0.15) is 63.7 Å². The molecular weight excluding hydrogens is 574 g/mol. The number of piperidine rings is 1. The molecule has 0 radical (unpaired) electrons. The van der Waals surface area contributed by atoms with Gasteiger partial charge in [-0.05, 0) is 56.6 Å². The van der Waals surface area contributed by atoms with E-state index in [2.05, 4.69) is 21.6 Å². The van der Waals surface area contributed by atoms with Gasteiger partial charge in [0.1, 0.15) is 29.4 Å². The molecule has 0 amide bonds. The molecule has 232 valence electrons. The van der Waals surface area contributed by atoms with Crippen LogP contribution in [-0.2, 0) is 30.9 Å². The van der Waals surface area contributed by atoms with E-state index in [4.69, 9.17) is 28.9 Å². The van der Waals surface area contributed by atoms with Gasteiger partial charge in [0.2, 0.25) is 5.88 Å². The van der Waals surface area contributed by atoms with Gasteiger partial charge in [-0.15, -0.1) is 0 Å². The van der Waals surface area contributed by atoms with Gasteiger partial charge in [-0.1, -0.05) is 12.1 Å². The van der Waals surface area contributed by atoms with Gasteiger partial charge < -0.3 is 28.6 Å². The van der Waals surface area contributed by atoms with Crippen LogP contribution in [-0.4, -0.2) is 70.0 Å². The Labute approximate surface area is 260 Å². The molecule has 0 spiro atoms. The van der Waals surface area contributed by atoms with E-state index in [1.807, 2.05) is 24.3 Å². The fraction of sp³-hybridized carbons (Fsp3) is 0.412. The lowest BCUT2D eigenvalue weighted by Gasteiger charge is -2.32. The number of ether oxygens (including phenoxy) is 4. The second-order valence-electron chi connectivity index (χ2n) is 11.8. The number of rotatable bonds is 10. The highest BCUT2D eigenvalue weighted by Crippen LogP contribution is 2.34. The maximum atomic E-state index is 11.8. The summed E-state index contributed by atoms with van der Waals surface area (Å²) in [6.07, 6.45) is 3.71. The number of hydrogen-bond donors (Lipinski definition) is 1. The third-order valence-corrected chi connectivity index (χ3v) is 9.10. The van der Waals surface area contributed by atoms with E-state index in [9.17, 15) is 15.2 Å². The molecule has 2 saturated heterocycles. The SMILES string of the molecule is COc1cc(C(=O)O)cc2c1nc(CN1CCC(c3cccc(OCc4ccc(C#N)c5c4OCC5)n3)CC1)n2CC1CCO1. The van der Waals surface area contributed by atoms with Gasteiger partial charge >= 0.3 is 5.97 Å². The van der Waals surface area contributed by atoms with Crippen LogP contribution in [0.25, 0.3) is 11.0 Å². The third kappa shape index (κ3) is 5.79. The highest BCUT2D eigenvalue weighted by molar-refractivity contribution is 5.95. The van der Waals surface area contributed by atoms with Crippen LogP contribution in [0.3, 0.4) is 0 Å². The molecule has 1 atom stereocenters. The number of nitriles is 1. The fourth-order valence-corrected chi connectivity index (χ4v) is 6.53. The fourth-order valence-electron chi connectivity index (χ4n) is 6.53. The van der Waals surface area contributed by atoms with Crippen molar-refractivity contribution in [3.05, 3.63) is 76.2 Å². The van der Waals surface area contributed by atoms with Crippen molar-refractivity contribution in [3.63, 3.8) is 0 Å². The number of imidazole rings is 1. The zero-order chi connectivity index (χ0) is 30.9. The Hall–Kier alpha value is -4.66. The van der Waals surface area contributed by atoms with E-state index in [-0.39, 0.29) is 11.7 Å². The number of pyridine rings is 1. The third-order valence-electron chi connectivity index (χ3n) is 9.10. The number of likely N-dealkylation sites (tertiary alicyclic amines) is 1. The normalized spacial score (nSPS) is 18.2. The molecule has 3 aliphatic heterocycles. The number of benzene rings is 2. The van der Waals surface area contributed by atoms with Gasteiger partial charge in [0.05, 0.1) is 55.6 Å². The van der Waals surface area contributed by atoms with Crippen molar-refractivity contribution < 1.29 is 28.8 Å². The van der Waals surface area contributed by atoms with Crippen LogP contribution in [0.2, 0.25) is 0 Å². The summed E-state index contributed by atoms with van der Waals surface area (Å²) in [5.74, 6) is 2.00. The molecular formula is C34H35N5O6. The second kappa shape index (κ2) is 12.4. The van der Waals surface area contributed by atoms with E-state index in [1.54, 1.807) is 13.2 Å². The van der Waals surface area contributed by atoms with Gasteiger partial charge in [-0.25, -0.2) is 14.8 Å². The quantitative estimate of drug-likeness (QED) is 0.270. The molecule has 1 unspecified atom stereocenters. The highest BCUT2D eigenvalue weighted by atomic mass is 16.5. The molecule has 3 aliphatic rings. The maximum Gasteiger partial charge on any atom is 0.335 e. The largest absolute Gasteiger partial charge is 0.494 e. The Balaban J connectivity index is 1.03. The average Bonchev–Trinajstić information content (AvgIpc) is 3.67. The first-order chi connectivity index (χ1) is 22.0. The summed E-state index contributed by atoms with van der Waals surface area (Å²) in [5, 5.41) is 19.1. The predicted octanol–water partition coefficient (Wildman–Crippen LogP) is 4.69. The number of fused-ring (bicyclic) bond motifs is 2. The number of carboxylic acids is 1. The van der Waals surface area contributed by atoms with Crippen LogP contribution in [0.4, 0.5) is 0 Å². The summed E-state index contributed by atoms with van der Waals surface area (Å²) in [6.45, 7) is 4.69. The van der Waals surface area contributed by atoms with Gasteiger partial charge in [0, 0.05) is 41.8 Å². The molecule has 11 heteroatoms. The summed E-state index contributed by atoms with van der Waals surface area (Å²) in [7, 11) is 1.54. The number of nitrogens with zero attached hydrogens (tertiary/aromatic N) is 5. The first-order valence-corrected chi connectivity index (χ1v) is 15.4. The Morgan fingerprint density at radius 1 is 1.13 bits per heavy atom. The van der Waals surface area contributed by atoms with Crippen LogP contribution < -0.4 is 14.2 Å². The molecule has 2 aromatic carbocycles. The van der Waals surface area contributed by atoms with Crippen LogP contribution in [0.15, 0.2) is 42.5 Å². The molecule has 1 N–H and O–H groups in total. The molecule has 2 fully saturated rings. The van der Waals surface area contributed by atoms with E-state index in [0.29, 0.717) is 54.9 Å². The zero-order valence-electron chi connectivity index (χ0n) is 25.2. The lowest BCUT2D eigenvalue weighted by atomic mass is 9.93. The average molecular weight is 610 g/mol. The summed E-state index contributed by atoms with van der Waals surface area (Å²) in [6, 6.07) is 15.1. The molecule has 7 rings (SSSR count). The summed E-state index contributed by atoms with van der Waals surface area (Å²) < 4.78 is 25.3. The van der Waals surface area contributed by atoms with Crippen molar-refractivity contribution in [2.45, 2.75) is 57.4 Å². The molecule has 2 aromatic heterocycles. The number of carboxylic acid groups (broad SMARTS) is 1. The van der Waals surface area contributed by atoms with Crippen molar-refractivity contribution in [3.8, 4) is 23.4 Å². The minimum absolute atomic E-state index is 0.0947. The van der Waals surface area contributed by atoms with E-state index in [1.165, 1.54) is 6.07 Å². The van der Waals surface area contributed by atoms with Crippen LogP contribution in [0, 0.1) is 11.3 Å². The summed E-state index contributed by atoms with van der Waals surface area (Å²) in [4.78, 5) is 24.0. The molecule has 11 nitrogen and oxygen atoms in total. The summed E-state index contributed by atoms with van der Waals surface area (Å²) in [5.41, 5.74) is 5.17. The van der Waals surface area contributed by atoms with Gasteiger partial charge in [-0.2, -0.15) is 5.26 Å². The number of methoxy groups -OCH3 is 1. The van der Waals surface area contributed by atoms with Crippen molar-refractivity contribution in [1.82, 2.24) is 19.4 Å². The number of aromatic nitrogens is 3. The minimum atomic E-state index is -0.999. The molecule has 0 saturated carbocycles. The smallest absolute Gasteiger partial charge is 0.335 e. The Kier molecular flexibility index (Phi) is 8.00. The number of hydrogen-bond acceptors (Lipinski definition) is 9. The van der Waals surface area contributed by atoms with Gasteiger partial charge in [0.15, 0.2) is 0 Å². The standard InChI is InChI=1S/C34H35N5O6/c1-42-29-16-24(34(40)41)15-28-32(29)37-30(39(28)18-25-9-13-43-25)19-38-11-7-21(8-12-38)27-3-2-4-31(36-27)45-20-23-6-5-22(17-35)26-10-14-44-33(23)26/h2-6,15-16,21,25H,7-14,18-20H2,1H3,(H,40,41). The van der Waals surface area contributed by atoms with E-state index in [0.717, 1.165) is 79.3 Å². The molecule has 4 aromatic rings. The van der Waals surface area contributed by atoms with Crippen LogP contribution in [0.5, 0.6) is 17.4 Å². The molecule has 45 heavy (non-hydrogen) atoms. The first kappa shape index (κ1) is 29.1. The lowest BCUT2D eigenvalue weighted by molar-refractivity contribution is -0.0592. The number of carbonyl (C=O) groups is 1. The van der Waals surface area contributed by atoms with Crippen molar-refractivity contribution in [1.29, 1.82) is 5.26 Å². The molecule has 0 bridgehead atoms. The van der Waals surface area contributed by atoms with Crippen molar-refractivity contribution >= 4 is 17.0 Å². The van der Waals surface area contributed by atoms with E-state index >= 15 is 0 Å². The zero-order valence-corrected chi connectivity index (χ0v) is 25.2. The summed E-state index contributed by atoms with van der Waals surface area (Å²) >= 11 is 0. The highest BCUT2D eigenvalue weighted by Gasteiger charge is 2.27. The van der Waals surface area contributed by atoms with Gasteiger partial charge in [0.25, 0.3) is 0 Å².